The fourth-order valence-corrected chi connectivity index (χ4v) is 0.807. The molecule has 0 aliphatic rings. The Labute approximate surface area is 71.7 Å². The van der Waals surface area contributed by atoms with Crippen LogP contribution in [0.5, 0.6) is 0 Å². The number of amides is 2. The second-order valence-corrected chi connectivity index (χ2v) is 2.39. The van der Waals surface area contributed by atoms with Crippen LogP contribution in [0, 0.1) is 0 Å². The average Bonchev–Trinajstić information content (AvgIpc) is 2.03. The van der Waals surface area contributed by atoms with E-state index in [1.807, 2.05) is 6.92 Å². The van der Waals surface area contributed by atoms with Gasteiger partial charge in [-0.15, -0.1) is 0 Å². The molecule has 0 bridgehead atoms. The summed E-state index contributed by atoms with van der Waals surface area (Å²) in [6.07, 6.45) is 0.0969. The van der Waals surface area contributed by atoms with E-state index < -0.39 is 11.9 Å². The first-order chi connectivity index (χ1) is 5.61. The number of nitrogens with one attached hydrogen (secondary N) is 2. The van der Waals surface area contributed by atoms with Gasteiger partial charge in [0.15, 0.2) is 0 Å². The molecule has 0 aromatic rings. The first-order valence-electron chi connectivity index (χ1n) is 3.85. The van der Waals surface area contributed by atoms with E-state index in [1.54, 1.807) is 0 Å². The van der Waals surface area contributed by atoms with Crippen LogP contribution in [0.3, 0.4) is 0 Å². The van der Waals surface area contributed by atoms with Gasteiger partial charge in [0.05, 0.1) is 12.5 Å². The van der Waals surface area contributed by atoms with E-state index in [4.69, 9.17) is 5.73 Å². The van der Waals surface area contributed by atoms with Crippen LogP contribution in [0.2, 0.25) is 0 Å². The Balaban J connectivity index is 3.95. The highest BCUT2D eigenvalue weighted by atomic mass is 16.2. The Morgan fingerprint density at radius 1 is 1.50 bits per heavy atom. The molecular formula is C7H15N3O2. The highest BCUT2D eigenvalue weighted by Gasteiger charge is 2.16. The molecule has 0 fully saturated rings. The summed E-state index contributed by atoms with van der Waals surface area (Å²) in [6, 6.07) is -0.560. The lowest BCUT2D eigenvalue weighted by Crippen LogP contribution is -2.44. The SMILES string of the molecule is CCNC(CC(=O)NC)C(N)=O. The van der Waals surface area contributed by atoms with E-state index in [1.165, 1.54) is 7.05 Å². The molecule has 0 rings (SSSR count). The molecule has 0 spiro atoms. The van der Waals surface area contributed by atoms with Crippen molar-refractivity contribution >= 4 is 11.8 Å². The minimum atomic E-state index is -0.560. The van der Waals surface area contributed by atoms with E-state index >= 15 is 0 Å². The van der Waals surface area contributed by atoms with Gasteiger partial charge in [0.25, 0.3) is 0 Å². The van der Waals surface area contributed by atoms with Crippen LogP contribution in [-0.4, -0.2) is 31.4 Å². The fourth-order valence-electron chi connectivity index (χ4n) is 0.807. The molecule has 0 heterocycles. The first kappa shape index (κ1) is 10.9. The quantitative estimate of drug-likeness (QED) is 0.477. The van der Waals surface area contributed by atoms with Gasteiger partial charge in [0, 0.05) is 7.05 Å². The maximum absolute atomic E-state index is 10.8. The van der Waals surface area contributed by atoms with E-state index in [2.05, 4.69) is 10.6 Å². The Bertz CT molecular complexity index is 168. The zero-order chi connectivity index (χ0) is 9.56. The number of primary amides is 1. The predicted molar refractivity (Wildman–Crippen MR) is 45.3 cm³/mol. The lowest BCUT2D eigenvalue weighted by Gasteiger charge is -2.12. The zero-order valence-corrected chi connectivity index (χ0v) is 7.39. The van der Waals surface area contributed by atoms with Crippen LogP contribution < -0.4 is 16.4 Å². The summed E-state index contributed by atoms with van der Waals surface area (Å²) >= 11 is 0. The molecule has 5 nitrogen and oxygen atoms in total. The van der Waals surface area contributed by atoms with Crippen LogP contribution in [-0.2, 0) is 9.59 Å². The lowest BCUT2D eigenvalue weighted by atomic mass is 10.2. The van der Waals surface area contributed by atoms with Gasteiger partial charge >= 0.3 is 0 Å². The third kappa shape index (κ3) is 3.92. The monoisotopic (exact) mass is 173 g/mol. The van der Waals surface area contributed by atoms with Gasteiger partial charge in [-0.3, -0.25) is 9.59 Å². The molecule has 4 N–H and O–H groups in total. The van der Waals surface area contributed by atoms with Crippen molar-refractivity contribution in [2.45, 2.75) is 19.4 Å². The van der Waals surface area contributed by atoms with Gasteiger partial charge in [-0.05, 0) is 6.54 Å². The fraction of sp³-hybridized carbons (Fsp3) is 0.714. The Kier molecular flexibility index (Phi) is 5.03. The van der Waals surface area contributed by atoms with Crippen molar-refractivity contribution in [2.24, 2.45) is 5.73 Å². The van der Waals surface area contributed by atoms with Crippen molar-refractivity contribution in [2.75, 3.05) is 13.6 Å². The summed E-state index contributed by atoms with van der Waals surface area (Å²) < 4.78 is 0. The molecule has 12 heavy (non-hydrogen) atoms. The molecule has 0 radical (unpaired) electrons. The molecule has 5 heteroatoms. The van der Waals surface area contributed by atoms with Gasteiger partial charge in [-0.2, -0.15) is 0 Å². The summed E-state index contributed by atoms with van der Waals surface area (Å²) in [5.74, 6) is -0.694. The summed E-state index contributed by atoms with van der Waals surface area (Å²) in [5, 5.41) is 5.23. The van der Waals surface area contributed by atoms with Gasteiger partial charge < -0.3 is 16.4 Å². The maximum Gasteiger partial charge on any atom is 0.235 e. The summed E-state index contributed by atoms with van der Waals surface area (Å²) in [4.78, 5) is 21.6. The number of likely N-dealkylation sites (N-methyl/N-ethyl adjacent to an activating group) is 1. The minimum Gasteiger partial charge on any atom is -0.368 e. The first-order valence-corrected chi connectivity index (χ1v) is 3.85. The molecule has 0 saturated heterocycles. The Hall–Kier alpha value is -1.10. The van der Waals surface area contributed by atoms with Crippen LogP contribution in [0.15, 0.2) is 0 Å². The molecular weight excluding hydrogens is 158 g/mol. The third-order valence-electron chi connectivity index (χ3n) is 1.46. The molecule has 0 aliphatic heterocycles. The van der Waals surface area contributed by atoms with Crippen LogP contribution >= 0.6 is 0 Å². The number of hydrogen-bond donors (Lipinski definition) is 3. The van der Waals surface area contributed by atoms with E-state index in [-0.39, 0.29) is 12.3 Å². The van der Waals surface area contributed by atoms with Crippen molar-refractivity contribution in [3.05, 3.63) is 0 Å². The van der Waals surface area contributed by atoms with Gasteiger partial charge in [-0.1, -0.05) is 6.92 Å². The number of rotatable bonds is 5. The van der Waals surface area contributed by atoms with E-state index in [0.29, 0.717) is 6.54 Å². The Morgan fingerprint density at radius 3 is 2.42 bits per heavy atom. The summed E-state index contributed by atoms with van der Waals surface area (Å²) in [6.45, 7) is 2.46. The summed E-state index contributed by atoms with van der Waals surface area (Å²) in [7, 11) is 1.52. The second-order valence-electron chi connectivity index (χ2n) is 2.39. The van der Waals surface area contributed by atoms with Crippen molar-refractivity contribution in [3.8, 4) is 0 Å². The number of carbonyl (C=O) groups excluding carboxylic acids is 2. The Morgan fingerprint density at radius 2 is 2.08 bits per heavy atom. The molecule has 0 aliphatic carbocycles. The number of carbonyl (C=O) groups is 2. The van der Waals surface area contributed by atoms with Crippen molar-refractivity contribution < 1.29 is 9.59 Å². The molecule has 0 aromatic carbocycles. The largest absolute Gasteiger partial charge is 0.368 e. The predicted octanol–water partition coefficient (Wildman–Crippen LogP) is -1.41. The van der Waals surface area contributed by atoms with Crippen molar-refractivity contribution in [1.82, 2.24) is 10.6 Å². The van der Waals surface area contributed by atoms with Gasteiger partial charge in [0.2, 0.25) is 11.8 Å². The smallest absolute Gasteiger partial charge is 0.235 e. The van der Waals surface area contributed by atoms with Crippen molar-refractivity contribution in [3.63, 3.8) is 0 Å². The second kappa shape index (κ2) is 5.54. The lowest BCUT2D eigenvalue weighted by molar-refractivity contribution is -0.126. The topological polar surface area (TPSA) is 84.2 Å². The molecule has 0 aromatic heterocycles. The normalized spacial score (nSPS) is 12.2. The highest BCUT2D eigenvalue weighted by Crippen LogP contribution is 1.90. The number of hydrogen-bond acceptors (Lipinski definition) is 3. The highest BCUT2D eigenvalue weighted by molar-refractivity contribution is 5.87. The molecule has 1 atom stereocenters. The van der Waals surface area contributed by atoms with Crippen LogP contribution in [0.25, 0.3) is 0 Å². The molecule has 1 unspecified atom stereocenters. The van der Waals surface area contributed by atoms with Crippen LogP contribution in [0.4, 0.5) is 0 Å². The molecule has 2 amide bonds. The zero-order valence-electron chi connectivity index (χ0n) is 7.39. The van der Waals surface area contributed by atoms with Gasteiger partial charge in [0.1, 0.15) is 0 Å². The standard InChI is InChI=1S/C7H15N3O2/c1-3-10-5(7(8)12)4-6(11)9-2/h5,10H,3-4H2,1-2H3,(H2,8,12)(H,9,11). The maximum atomic E-state index is 10.8. The number of nitrogens with two attached hydrogens (primary N) is 1. The van der Waals surface area contributed by atoms with Crippen molar-refractivity contribution in [1.29, 1.82) is 0 Å². The average molecular weight is 173 g/mol. The molecule has 0 saturated carbocycles. The summed E-state index contributed by atoms with van der Waals surface area (Å²) in [5.41, 5.74) is 5.04. The van der Waals surface area contributed by atoms with E-state index in [0.717, 1.165) is 0 Å². The third-order valence-corrected chi connectivity index (χ3v) is 1.46. The van der Waals surface area contributed by atoms with Gasteiger partial charge in [-0.25, -0.2) is 0 Å². The molecule has 70 valence electrons. The minimum absolute atomic E-state index is 0.0969. The van der Waals surface area contributed by atoms with E-state index in [9.17, 15) is 9.59 Å². The van der Waals surface area contributed by atoms with Crippen LogP contribution in [0.1, 0.15) is 13.3 Å².